The molecule has 0 aliphatic heterocycles. The third kappa shape index (κ3) is 6.32. The monoisotopic (exact) mass is 350 g/mol. The summed E-state index contributed by atoms with van der Waals surface area (Å²) in [5, 5.41) is 5.99. The fourth-order valence-corrected chi connectivity index (χ4v) is 3.02. The Labute approximate surface area is 147 Å². The van der Waals surface area contributed by atoms with E-state index < -0.39 is 0 Å². The molecule has 0 spiro atoms. The SMILES string of the molecule is O=C(CCC(=O)c1cccc(Cl)c1)NCC(=O)NC1CCCCC1. The summed E-state index contributed by atoms with van der Waals surface area (Å²) in [5.74, 6) is -0.611. The van der Waals surface area contributed by atoms with Gasteiger partial charge in [-0.1, -0.05) is 43.0 Å². The fraction of sp³-hybridized carbons (Fsp3) is 0.500. The van der Waals surface area contributed by atoms with Gasteiger partial charge in [-0.3, -0.25) is 14.4 Å². The van der Waals surface area contributed by atoms with E-state index in [-0.39, 0.29) is 43.0 Å². The normalized spacial score (nSPS) is 14.9. The molecule has 0 unspecified atom stereocenters. The smallest absolute Gasteiger partial charge is 0.239 e. The van der Waals surface area contributed by atoms with Gasteiger partial charge in [-0.25, -0.2) is 0 Å². The molecule has 2 rings (SSSR count). The average Bonchev–Trinajstić information content (AvgIpc) is 2.58. The van der Waals surface area contributed by atoms with E-state index >= 15 is 0 Å². The third-order valence-electron chi connectivity index (χ3n) is 4.14. The zero-order valence-electron chi connectivity index (χ0n) is 13.6. The Kier molecular flexibility index (Phi) is 7.25. The number of hydrogen-bond acceptors (Lipinski definition) is 3. The molecule has 2 N–H and O–H groups in total. The summed E-state index contributed by atoms with van der Waals surface area (Å²) < 4.78 is 0. The first-order chi connectivity index (χ1) is 11.5. The molecule has 5 nitrogen and oxygen atoms in total. The van der Waals surface area contributed by atoms with Crippen molar-refractivity contribution < 1.29 is 14.4 Å². The molecule has 0 atom stereocenters. The number of nitrogens with one attached hydrogen (secondary N) is 2. The van der Waals surface area contributed by atoms with Crippen LogP contribution in [-0.4, -0.2) is 30.2 Å². The van der Waals surface area contributed by atoms with Gasteiger partial charge in [0.1, 0.15) is 0 Å². The average molecular weight is 351 g/mol. The summed E-state index contributed by atoms with van der Waals surface area (Å²) in [7, 11) is 0. The molecule has 2 amide bonds. The Morgan fingerprint density at radius 1 is 1.04 bits per heavy atom. The van der Waals surface area contributed by atoms with Gasteiger partial charge in [-0.05, 0) is 25.0 Å². The van der Waals surface area contributed by atoms with E-state index in [1.807, 2.05) is 0 Å². The molecule has 1 fully saturated rings. The zero-order valence-corrected chi connectivity index (χ0v) is 14.4. The molecular weight excluding hydrogens is 328 g/mol. The lowest BCUT2D eigenvalue weighted by Gasteiger charge is -2.22. The quantitative estimate of drug-likeness (QED) is 0.742. The first kappa shape index (κ1) is 18.5. The molecule has 1 aromatic carbocycles. The predicted octanol–water partition coefficient (Wildman–Crippen LogP) is 2.87. The van der Waals surface area contributed by atoms with E-state index in [1.54, 1.807) is 24.3 Å². The maximum absolute atomic E-state index is 12.0. The lowest BCUT2D eigenvalue weighted by Crippen LogP contribution is -2.42. The lowest BCUT2D eigenvalue weighted by molar-refractivity contribution is -0.126. The Bertz CT molecular complexity index is 598. The second-order valence-corrected chi connectivity index (χ2v) is 6.55. The highest BCUT2D eigenvalue weighted by Crippen LogP contribution is 2.17. The van der Waals surface area contributed by atoms with Gasteiger partial charge in [0.25, 0.3) is 0 Å². The number of ketones is 1. The van der Waals surface area contributed by atoms with Crippen LogP contribution in [0.5, 0.6) is 0 Å². The molecular formula is C18H23ClN2O3. The topological polar surface area (TPSA) is 75.3 Å². The van der Waals surface area contributed by atoms with Crippen LogP contribution in [0.25, 0.3) is 0 Å². The van der Waals surface area contributed by atoms with Crippen molar-refractivity contribution in [3.05, 3.63) is 34.9 Å². The largest absolute Gasteiger partial charge is 0.352 e. The van der Waals surface area contributed by atoms with Crippen LogP contribution in [0.2, 0.25) is 5.02 Å². The van der Waals surface area contributed by atoms with E-state index in [9.17, 15) is 14.4 Å². The predicted molar refractivity (Wildman–Crippen MR) is 93.0 cm³/mol. The van der Waals surface area contributed by atoms with Crippen molar-refractivity contribution in [2.75, 3.05) is 6.54 Å². The summed E-state index contributed by atoms with van der Waals surface area (Å²) in [4.78, 5) is 35.6. The third-order valence-corrected chi connectivity index (χ3v) is 4.38. The Hall–Kier alpha value is -1.88. The summed E-state index contributed by atoms with van der Waals surface area (Å²) in [5.41, 5.74) is 0.491. The number of amides is 2. The second kappa shape index (κ2) is 9.42. The second-order valence-electron chi connectivity index (χ2n) is 6.11. The molecule has 0 saturated heterocycles. The molecule has 1 aromatic rings. The van der Waals surface area contributed by atoms with Crippen LogP contribution >= 0.6 is 11.6 Å². The first-order valence-corrected chi connectivity index (χ1v) is 8.77. The van der Waals surface area contributed by atoms with Gasteiger partial charge in [0, 0.05) is 29.5 Å². The standard InChI is InChI=1S/C18H23ClN2O3/c19-14-6-4-5-13(11-14)16(22)9-10-17(23)20-12-18(24)21-15-7-2-1-3-8-15/h4-6,11,15H,1-3,7-10,12H2,(H,20,23)(H,21,24). The van der Waals surface area contributed by atoms with Crippen molar-refractivity contribution in [3.63, 3.8) is 0 Å². The molecule has 1 aliphatic carbocycles. The van der Waals surface area contributed by atoms with Gasteiger partial charge < -0.3 is 10.6 Å². The van der Waals surface area contributed by atoms with Crippen LogP contribution in [0.4, 0.5) is 0 Å². The summed E-state index contributed by atoms with van der Waals surface area (Å²) in [6.45, 7) is -0.0410. The number of halogens is 1. The van der Waals surface area contributed by atoms with E-state index in [2.05, 4.69) is 10.6 Å². The molecule has 0 aromatic heterocycles. The lowest BCUT2D eigenvalue weighted by atomic mass is 9.95. The molecule has 1 aliphatic rings. The fourth-order valence-electron chi connectivity index (χ4n) is 2.83. The number of benzene rings is 1. The van der Waals surface area contributed by atoms with Crippen LogP contribution in [-0.2, 0) is 9.59 Å². The van der Waals surface area contributed by atoms with Gasteiger partial charge >= 0.3 is 0 Å². The van der Waals surface area contributed by atoms with Crippen LogP contribution in [0.3, 0.4) is 0 Å². The highest BCUT2D eigenvalue weighted by molar-refractivity contribution is 6.31. The number of hydrogen-bond donors (Lipinski definition) is 2. The Morgan fingerprint density at radius 2 is 1.79 bits per heavy atom. The van der Waals surface area contributed by atoms with Crippen molar-refractivity contribution >= 4 is 29.2 Å². The van der Waals surface area contributed by atoms with Gasteiger partial charge in [0.15, 0.2) is 5.78 Å². The summed E-state index contributed by atoms with van der Waals surface area (Å²) >= 11 is 5.84. The van der Waals surface area contributed by atoms with Crippen molar-refractivity contribution in [3.8, 4) is 0 Å². The van der Waals surface area contributed by atoms with Gasteiger partial charge in [0.2, 0.25) is 11.8 Å². The molecule has 0 radical (unpaired) electrons. The zero-order chi connectivity index (χ0) is 17.4. The summed E-state index contributed by atoms with van der Waals surface area (Å²) in [6.07, 6.45) is 5.68. The highest BCUT2D eigenvalue weighted by Gasteiger charge is 2.16. The minimum atomic E-state index is -0.302. The van der Waals surface area contributed by atoms with E-state index in [1.165, 1.54) is 6.42 Å². The highest BCUT2D eigenvalue weighted by atomic mass is 35.5. The maximum Gasteiger partial charge on any atom is 0.239 e. The van der Waals surface area contributed by atoms with Crippen molar-refractivity contribution in [2.45, 2.75) is 51.0 Å². The van der Waals surface area contributed by atoms with Crippen molar-refractivity contribution in [1.82, 2.24) is 10.6 Å². The number of carbonyl (C=O) groups excluding carboxylic acids is 3. The summed E-state index contributed by atoms with van der Waals surface area (Å²) in [6, 6.07) is 6.87. The van der Waals surface area contributed by atoms with Gasteiger partial charge in [-0.2, -0.15) is 0 Å². The van der Waals surface area contributed by atoms with Gasteiger partial charge in [-0.15, -0.1) is 0 Å². The molecule has 130 valence electrons. The van der Waals surface area contributed by atoms with Crippen LogP contribution in [0.1, 0.15) is 55.3 Å². The van der Waals surface area contributed by atoms with Crippen molar-refractivity contribution in [1.29, 1.82) is 0 Å². The van der Waals surface area contributed by atoms with Gasteiger partial charge in [0.05, 0.1) is 6.54 Å². The maximum atomic E-state index is 12.0. The number of carbonyl (C=O) groups is 3. The minimum Gasteiger partial charge on any atom is -0.352 e. The van der Waals surface area contributed by atoms with Crippen LogP contribution < -0.4 is 10.6 Å². The number of Topliss-reactive ketones (excluding diaryl/α,β-unsaturated/α-hetero) is 1. The first-order valence-electron chi connectivity index (χ1n) is 8.39. The van der Waals surface area contributed by atoms with Crippen LogP contribution in [0, 0.1) is 0 Å². The molecule has 6 heteroatoms. The Balaban J connectivity index is 1.65. The van der Waals surface area contributed by atoms with E-state index in [0.29, 0.717) is 10.6 Å². The van der Waals surface area contributed by atoms with E-state index in [0.717, 1.165) is 25.7 Å². The van der Waals surface area contributed by atoms with Crippen molar-refractivity contribution in [2.24, 2.45) is 0 Å². The van der Waals surface area contributed by atoms with Crippen LogP contribution in [0.15, 0.2) is 24.3 Å². The Morgan fingerprint density at radius 3 is 2.50 bits per heavy atom. The molecule has 0 bridgehead atoms. The minimum absolute atomic E-state index is 0.0410. The molecule has 24 heavy (non-hydrogen) atoms. The molecule has 0 heterocycles. The number of rotatable bonds is 7. The molecule has 1 saturated carbocycles. The van der Waals surface area contributed by atoms with E-state index in [4.69, 9.17) is 11.6 Å².